The van der Waals surface area contributed by atoms with Gasteiger partial charge in [0.2, 0.25) is 5.91 Å². The lowest BCUT2D eigenvalue weighted by Gasteiger charge is -2.43. The first kappa shape index (κ1) is 23.7. The van der Waals surface area contributed by atoms with Crippen LogP contribution in [0.3, 0.4) is 0 Å². The van der Waals surface area contributed by atoms with Gasteiger partial charge in [0.15, 0.2) is 5.78 Å². The van der Waals surface area contributed by atoms with Crippen molar-refractivity contribution >= 4 is 17.4 Å². The number of hydrogen-bond donors (Lipinski definition) is 0. The van der Waals surface area contributed by atoms with Gasteiger partial charge in [0.05, 0.1) is 34.1 Å². The molecule has 180 valence electrons. The highest BCUT2D eigenvalue weighted by atomic mass is 16.5. The van der Waals surface area contributed by atoms with Crippen molar-refractivity contribution in [3.05, 3.63) is 53.2 Å². The van der Waals surface area contributed by atoms with Crippen molar-refractivity contribution in [3.8, 4) is 23.0 Å². The van der Waals surface area contributed by atoms with Gasteiger partial charge in [0.1, 0.15) is 23.0 Å². The van der Waals surface area contributed by atoms with Crippen molar-refractivity contribution in [1.29, 1.82) is 0 Å². The van der Waals surface area contributed by atoms with Gasteiger partial charge in [0, 0.05) is 41.7 Å². The molecule has 0 bridgehead atoms. The number of ketones is 1. The molecule has 1 amide bonds. The van der Waals surface area contributed by atoms with Gasteiger partial charge in [-0.25, -0.2) is 0 Å². The molecule has 0 saturated heterocycles. The van der Waals surface area contributed by atoms with Gasteiger partial charge in [-0.15, -0.1) is 0 Å². The van der Waals surface area contributed by atoms with E-state index in [0.29, 0.717) is 52.8 Å². The summed E-state index contributed by atoms with van der Waals surface area (Å²) in [7, 11) is 6.32. The lowest BCUT2D eigenvalue weighted by molar-refractivity contribution is -0.121. The van der Waals surface area contributed by atoms with Crippen LogP contribution in [0, 0.1) is 5.41 Å². The molecule has 7 nitrogen and oxygen atoms in total. The largest absolute Gasteiger partial charge is 0.497 e. The van der Waals surface area contributed by atoms with E-state index in [1.165, 1.54) is 0 Å². The number of hydrogen-bond acceptors (Lipinski definition) is 6. The summed E-state index contributed by atoms with van der Waals surface area (Å²) in [6.45, 7) is 4.10. The number of Topliss-reactive ketones (excluding diaryl/α,β-unsaturated/α-hetero) is 1. The predicted octanol–water partition coefficient (Wildman–Crippen LogP) is 4.88. The first-order chi connectivity index (χ1) is 16.2. The van der Waals surface area contributed by atoms with E-state index >= 15 is 0 Å². The van der Waals surface area contributed by atoms with Crippen molar-refractivity contribution < 1.29 is 28.5 Å². The molecule has 1 aliphatic carbocycles. The summed E-state index contributed by atoms with van der Waals surface area (Å²) < 4.78 is 22.1. The van der Waals surface area contributed by atoms with Crippen LogP contribution in [0.15, 0.2) is 47.7 Å². The van der Waals surface area contributed by atoms with E-state index < -0.39 is 5.92 Å². The molecule has 0 N–H and O–H groups in total. The molecule has 0 radical (unpaired) electrons. The Labute approximate surface area is 200 Å². The average Bonchev–Trinajstić information content (AvgIpc) is 2.81. The Kier molecular flexibility index (Phi) is 6.30. The number of amides is 1. The van der Waals surface area contributed by atoms with Crippen molar-refractivity contribution in [2.45, 2.75) is 39.0 Å². The number of nitrogens with zero attached hydrogens (tertiary/aromatic N) is 1. The van der Waals surface area contributed by atoms with Crippen LogP contribution in [0.25, 0.3) is 0 Å². The van der Waals surface area contributed by atoms with E-state index in [1.807, 2.05) is 18.2 Å². The normalized spacial score (nSPS) is 19.6. The Morgan fingerprint density at radius 3 is 2.06 bits per heavy atom. The van der Waals surface area contributed by atoms with Crippen molar-refractivity contribution in [2.75, 3.05) is 33.3 Å². The minimum Gasteiger partial charge on any atom is -0.497 e. The maximum atomic E-state index is 13.8. The number of carbonyl (C=O) groups excluding carboxylic acids is 2. The highest BCUT2D eigenvalue weighted by molar-refractivity contribution is 6.08. The molecule has 2 aliphatic rings. The van der Waals surface area contributed by atoms with Gasteiger partial charge in [-0.3, -0.25) is 14.5 Å². The summed E-state index contributed by atoms with van der Waals surface area (Å²) in [4.78, 5) is 29.1. The third kappa shape index (κ3) is 4.11. The molecular weight excluding hydrogens is 434 g/mol. The van der Waals surface area contributed by atoms with E-state index in [4.69, 9.17) is 18.9 Å². The number of benzene rings is 2. The van der Waals surface area contributed by atoms with Crippen LogP contribution in [0.2, 0.25) is 0 Å². The summed E-state index contributed by atoms with van der Waals surface area (Å²) in [5, 5.41) is 0. The fourth-order valence-electron chi connectivity index (χ4n) is 5.04. The predicted molar refractivity (Wildman–Crippen MR) is 129 cm³/mol. The first-order valence-electron chi connectivity index (χ1n) is 11.3. The number of methoxy groups -OCH3 is 4. The summed E-state index contributed by atoms with van der Waals surface area (Å²) in [6, 6.07) is 10.8. The third-order valence-corrected chi connectivity index (χ3v) is 6.58. The Bertz CT molecular complexity index is 1170. The van der Waals surface area contributed by atoms with Crippen molar-refractivity contribution in [1.82, 2.24) is 0 Å². The number of anilines is 1. The SMILES string of the molecule is COc1ccc(OC)c(C2CC(=O)N(c3cc(OC)ccc3OC)C3=C2C(=O)CC(C)(C)C3)c1. The molecule has 1 aliphatic heterocycles. The summed E-state index contributed by atoms with van der Waals surface area (Å²) >= 11 is 0. The number of allylic oxidation sites excluding steroid dienone is 2. The molecule has 7 heteroatoms. The lowest BCUT2D eigenvalue weighted by Crippen LogP contribution is -2.44. The molecule has 0 aromatic heterocycles. The molecule has 0 spiro atoms. The number of ether oxygens (including phenoxy) is 4. The van der Waals surface area contributed by atoms with Crippen molar-refractivity contribution in [3.63, 3.8) is 0 Å². The van der Waals surface area contributed by atoms with Gasteiger partial charge in [-0.2, -0.15) is 0 Å². The smallest absolute Gasteiger partial charge is 0.232 e. The topological polar surface area (TPSA) is 74.3 Å². The molecule has 34 heavy (non-hydrogen) atoms. The monoisotopic (exact) mass is 465 g/mol. The van der Waals surface area contributed by atoms with Crippen molar-refractivity contribution in [2.24, 2.45) is 5.41 Å². The van der Waals surface area contributed by atoms with E-state index in [2.05, 4.69) is 13.8 Å². The van der Waals surface area contributed by atoms with Gasteiger partial charge in [0.25, 0.3) is 0 Å². The summed E-state index contributed by atoms with van der Waals surface area (Å²) in [6.07, 6.45) is 1.10. The van der Waals surface area contributed by atoms with E-state index in [0.717, 1.165) is 5.56 Å². The quantitative estimate of drug-likeness (QED) is 0.605. The minimum absolute atomic E-state index is 0.0421. The Morgan fingerprint density at radius 1 is 0.824 bits per heavy atom. The molecule has 1 unspecified atom stereocenters. The van der Waals surface area contributed by atoms with Gasteiger partial charge in [-0.05, 0) is 42.2 Å². The second-order valence-electron chi connectivity index (χ2n) is 9.43. The summed E-state index contributed by atoms with van der Waals surface area (Å²) in [5.74, 6) is 1.90. The van der Waals surface area contributed by atoms with Crippen LogP contribution in [-0.2, 0) is 9.59 Å². The molecule has 0 saturated carbocycles. The minimum atomic E-state index is -0.427. The Hall–Kier alpha value is -3.48. The Balaban J connectivity index is 1.97. The van der Waals surface area contributed by atoms with Gasteiger partial charge < -0.3 is 18.9 Å². The van der Waals surface area contributed by atoms with E-state index in [1.54, 1.807) is 51.5 Å². The first-order valence-corrected chi connectivity index (χ1v) is 11.3. The molecule has 2 aromatic carbocycles. The molecule has 1 heterocycles. The van der Waals surface area contributed by atoms with E-state index in [9.17, 15) is 9.59 Å². The van der Waals surface area contributed by atoms with Crippen LogP contribution >= 0.6 is 0 Å². The van der Waals surface area contributed by atoms with Crippen LogP contribution in [0.4, 0.5) is 5.69 Å². The highest BCUT2D eigenvalue weighted by Crippen LogP contribution is 2.51. The third-order valence-electron chi connectivity index (χ3n) is 6.58. The Morgan fingerprint density at radius 2 is 1.44 bits per heavy atom. The average molecular weight is 466 g/mol. The molecule has 1 atom stereocenters. The van der Waals surface area contributed by atoms with Gasteiger partial charge in [-0.1, -0.05) is 13.8 Å². The van der Waals surface area contributed by atoms with Crippen LogP contribution in [-0.4, -0.2) is 40.1 Å². The molecule has 4 rings (SSSR count). The van der Waals surface area contributed by atoms with E-state index in [-0.39, 0.29) is 23.5 Å². The van der Waals surface area contributed by atoms with Crippen LogP contribution in [0.5, 0.6) is 23.0 Å². The lowest BCUT2D eigenvalue weighted by atomic mass is 9.69. The maximum absolute atomic E-state index is 13.8. The molecule has 2 aromatic rings. The summed E-state index contributed by atoms with van der Waals surface area (Å²) in [5.41, 5.74) is 2.41. The maximum Gasteiger partial charge on any atom is 0.232 e. The molecule has 0 fully saturated rings. The number of rotatable bonds is 6. The second-order valence-corrected chi connectivity index (χ2v) is 9.43. The van der Waals surface area contributed by atoms with Gasteiger partial charge >= 0.3 is 0 Å². The zero-order chi connectivity index (χ0) is 24.6. The number of carbonyl (C=O) groups is 2. The fraction of sp³-hybridized carbons (Fsp3) is 0.407. The zero-order valence-corrected chi connectivity index (χ0v) is 20.6. The fourth-order valence-corrected chi connectivity index (χ4v) is 5.04. The molecular formula is C27H31NO6. The standard InChI is InChI=1S/C27H31NO6/c1-27(2)14-21-26(22(29)15-27)19(18-11-16(31-3)7-9-23(18)33-5)13-25(30)28(21)20-12-17(32-4)8-10-24(20)34-6/h7-12,19H,13-15H2,1-6H3. The zero-order valence-electron chi connectivity index (χ0n) is 20.6. The second kappa shape index (κ2) is 9.05. The van der Waals surface area contributed by atoms with Crippen LogP contribution < -0.4 is 23.8 Å². The van der Waals surface area contributed by atoms with Crippen LogP contribution in [0.1, 0.15) is 44.6 Å². The highest BCUT2D eigenvalue weighted by Gasteiger charge is 2.45.